The molecule has 0 amide bonds. The van der Waals surface area contributed by atoms with Gasteiger partial charge in [-0.3, -0.25) is 9.80 Å². The van der Waals surface area contributed by atoms with Crippen LogP contribution in [0.1, 0.15) is 38.7 Å². The second kappa shape index (κ2) is 9.18. The lowest BCUT2D eigenvalue weighted by atomic mass is 9.97. The average molecular weight is 362 g/mol. The highest BCUT2D eigenvalue weighted by atomic mass is 16.3. The molecule has 146 valence electrons. The van der Waals surface area contributed by atoms with Crippen LogP contribution in [0.15, 0.2) is 24.3 Å². The van der Waals surface area contributed by atoms with Crippen LogP contribution in [0.5, 0.6) is 5.75 Å². The number of phenols is 1. The maximum absolute atomic E-state index is 10.1. The number of hydrogen-bond acceptors (Lipinski definition) is 5. The van der Waals surface area contributed by atoms with Gasteiger partial charge in [-0.2, -0.15) is 0 Å². The van der Waals surface area contributed by atoms with Crippen LogP contribution in [-0.4, -0.2) is 82.4 Å². The molecule has 0 saturated carbocycles. The minimum Gasteiger partial charge on any atom is -0.508 e. The number of likely N-dealkylation sites (tertiary alicyclic amines) is 1. The van der Waals surface area contributed by atoms with Crippen molar-refractivity contribution in [3.63, 3.8) is 0 Å². The highest BCUT2D eigenvalue weighted by Gasteiger charge is 2.33. The Bertz CT molecular complexity index is 558. The van der Waals surface area contributed by atoms with Crippen molar-refractivity contribution in [3.05, 3.63) is 29.8 Å². The van der Waals surface area contributed by atoms with E-state index in [4.69, 9.17) is 0 Å². The average Bonchev–Trinajstić information content (AvgIpc) is 2.64. The number of benzene rings is 1. The number of aromatic hydroxyl groups is 1. The fraction of sp³-hybridized carbons (Fsp3) is 0.714. The van der Waals surface area contributed by atoms with Crippen molar-refractivity contribution in [2.24, 2.45) is 0 Å². The number of aliphatic hydroxyl groups excluding tert-OH is 1. The van der Waals surface area contributed by atoms with Gasteiger partial charge in [-0.15, -0.1) is 0 Å². The van der Waals surface area contributed by atoms with E-state index in [1.165, 1.54) is 25.9 Å². The van der Waals surface area contributed by atoms with Crippen LogP contribution >= 0.6 is 0 Å². The zero-order valence-electron chi connectivity index (χ0n) is 16.3. The molecule has 5 heteroatoms. The summed E-state index contributed by atoms with van der Waals surface area (Å²) in [5, 5.41) is 19.6. The molecule has 2 aliphatic rings. The van der Waals surface area contributed by atoms with Crippen LogP contribution in [0.2, 0.25) is 0 Å². The van der Waals surface area contributed by atoms with E-state index in [-0.39, 0.29) is 6.61 Å². The molecular weight excluding hydrogens is 326 g/mol. The predicted octanol–water partition coefficient (Wildman–Crippen LogP) is 2.13. The second-order valence-corrected chi connectivity index (χ2v) is 8.13. The summed E-state index contributed by atoms with van der Waals surface area (Å²) in [4.78, 5) is 7.66. The van der Waals surface area contributed by atoms with E-state index in [1.54, 1.807) is 6.07 Å². The van der Waals surface area contributed by atoms with E-state index in [1.807, 2.05) is 18.2 Å². The summed E-state index contributed by atoms with van der Waals surface area (Å²) in [6.45, 7) is 11.0. The lowest BCUT2D eigenvalue weighted by Gasteiger charge is -2.48. The summed E-state index contributed by atoms with van der Waals surface area (Å²) in [7, 11) is 0. The number of nitrogens with zero attached hydrogens (tertiary/aromatic N) is 3. The standard InChI is InChI=1S/C21H35N3O2/c1-17(2)23-10-7-19(8-11-23)24-13-12-22(16-20(24)9-14-25)15-18-5-3-4-6-21(18)26/h3-6,17,19-20,25-26H,7-16H2,1-2H3. The molecule has 0 bridgehead atoms. The van der Waals surface area contributed by atoms with Gasteiger partial charge in [0.1, 0.15) is 5.75 Å². The third-order valence-electron chi connectivity index (χ3n) is 6.16. The molecule has 26 heavy (non-hydrogen) atoms. The van der Waals surface area contributed by atoms with Crippen molar-refractivity contribution in [1.29, 1.82) is 0 Å². The molecule has 0 aliphatic carbocycles. The molecule has 2 N–H and O–H groups in total. The number of piperidine rings is 1. The third kappa shape index (κ3) is 4.77. The molecule has 1 unspecified atom stereocenters. The highest BCUT2D eigenvalue weighted by molar-refractivity contribution is 5.31. The van der Waals surface area contributed by atoms with Crippen LogP contribution in [0, 0.1) is 0 Å². The summed E-state index contributed by atoms with van der Waals surface area (Å²) in [5.74, 6) is 0.384. The Morgan fingerprint density at radius 2 is 1.81 bits per heavy atom. The Balaban J connectivity index is 1.59. The Morgan fingerprint density at radius 3 is 2.46 bits per heavy atom. The maximum Gasteiger partial charge on any atom is 0.120 e. The van der Waals surface area contributed by atoms with Crippen molar-refractivity contribution in [2.45, 2.75) is 57.8 Å². The minimum atomic E-state index is 0.246. The molecular formula is C21H35N3O2. The normalized spacial score (nSPS) is 24.4. The van der Waals surface area contributed by atoms with E-state index in [2.05, 4.69) is 28.5 Å². The quantitative estimate of drug-likeness (QED) is 0.813. The molecule has 1 aromatic carbocycles. The van der Waals surface area contributed by atoms with Crippen LogP contribution in [0.25, 0.3) is 0 Å². The summed E-state index contributed by atoms with van der Waals surface area (Å²) in [5.41, 5.74) is 0.994. The molecule has 1 aromatic rings. The molecule has 3 rings (SSSR count). The number of piperazine rings is 1. The summed E-state index contributed by atoms with van der Waals surface area (Å²) in [6, 6.07) is 9.32. The first kappa shape index (κ1) is 19.6. The molecule has 0 aromatic heterocycles. The van der Waals surface area contributed by atoms with Crippen molar-refractivity contribution in [2.75, 3.05) is 39.3 Å². The van der Waals surface area contributed by atoms with Gasteiger partial charge in [0, 0.05) is 56.5 Å². The number of rotatable bonds is 6. The summed E-state index contributed by atoms with van der Waals surface area (Å²) < 4.78 is 0. The number of para-hydroxylation sites is 1. The zero-order chi connectivity index (χ0) is 18.5. The minimum absolute atomic E-state index is 0.246. The lowest BCUT2D eigenvalue weighted by Crippen LogP contribution is -2.58. The lowest BCUT2D eigenvalue weighted by molar-refractivity contribution is -0.000194. The summed E-state index contributed by atoms with van der Waals surface area (Å²) >= 11 is 0. The van der Waals surface area contributed by atoms with Gasteiger partial charge >= 0.3 is 0 Å². The molecule has 2 heterocycles. The van der Waals surface area contributed by atoms with Gasteiger partial charge in [0.25, 0.3) is 0 Å². The van der Waals surface area contributed by atoms with Crippen molar-refractivity contribution >= 4 is 0 Å². The second-order valence-electron chi connectivity index (χ2n) is 8.13. The van der Waals surface area contributed by atoms with Crippen molar-refractivity contribution < 1.29 is 10.2 Å². The van der Waals surface area contributed by atoms with Gasteiger partial charge in [-0.1, -0.05) is 18.2 Å². The van der Waals surface area contributed by atoms with E-state index in [0.29, 0.717) is 23.9 Å². The first-order chi connectivity index (χ1) is 12.6. The van der Waals surface area contributed by atoms with Crippen LogP contribution < -0.4 is 0 Å². The van der Waals surface area contributed by atoms with Crippen LogP contribution in [0.3, 0.4) is 0 Å². The Labute approximate surface area is 158 Å². The van der Waals surface area contributed by atoms with E-state index < -0.39 is 0 Å². The zero-order valence-corrected chi connectivity index (χ0v) is 16.3. The number of hydrogen-bond donors (Lipinski definition) is 2. The SMILES string of the molecule is CC(C)N1CCC(N2CCN(Cc3ccccc3O)CC2CCO)CC1. The van der Waals surface area contributed by atoms with Gasteiger partial charge in [0.05, 0.1) is 0 Å². The van der Waals surface area contributed by atoms with Gasteiger partial charge in [0.2, 0.25) is 0 Å². The largest absolute Gasteiger partial charge is 0.508 e. The van der Waals surface area contributed by atoms with Gasteiger partial charge < -0.3 is 15.1 Å². The molecule has 2 fully saturated rings. The van der Waals surface area contributed by atoms with Gasteiger partial charge in [-0.05, 0) is 52.3 Å². The van der Waals surface area contributed by atoms with E-state index in [9.17, 15) is 10.2 Å². The molecule has 2 saturated heterocycles. The van der Waals surface area contributed by atoms with Crippen LogP contribution in [-0.2, 0) is 6.54 Å². The van der Waals surface area contributed by atoms with Gasteiger partial charge in [0.15, 0.2) is 0 Å². The Hall–Kier alpha value is -1.14. The highest BCUT2D eigenvalue weighted by Crippen LogP contribution is 2.26. The molecule has 2 aliphatic heterocycles. The first-order valence-corrected chi connectivity index (χ1v) is 10.2. The monoisotopic (exact) mass is 361 g/mol. The Morgan fingerprint density at radius 1 is 1.08 bits per heavy atom. The molecule has 1 atom stereocenters. The topological polar surface area (TPSA) is 50.2 Å². The maximum atomic E-state index is 10.1. The van der Waals surface area contributed by atoms with Crippen molar-refractivity contribution in [1.82, 2.24) is 14.7 Å². The number of aliphatic hydroxyl groups is 1. The fourth-order valence-electron chi connectivity index (χ4n) is 4.58. The van der Waals surface area contributed by atoms with Crippen LogP contribution in [0.4, 0.5) is 0 Å². The Kier molecular flexibility index (Phi) is 6.92. The summed E-state index contributed by atoms with van der Waals surface area (Å²) in [6.07, 6.45) is 3.31. The molecule has 0 spiro atoms. The smallest absolute Gasteiger partial charge is 0.120 e. The van der Waals surface area contributed by atoms with E-state index in [0.717, 1.165) is 38.2 Å². The fourth-order valence-corrected chi connectivity index (χ4v) is 4.58. The first-order valence-electron chi connectivity index (χ1n) is 10.2. The third-order valence-corrected chi connectivity index (χ3v) is 6.16. The molecule has 5 nitrogen and oxygen atoms in total. The number of phenolic OH excluding ortho intramolecular Hbond substituents is 1. The predicted molar refractivity (Wildman–Crippen MR) is 105 cm³/mol. The molecule has 0 radical (unpaired) electrons. The van der Waals surface area contributed by atoms with Gasteiger partial charge in [-0.25, -0.2) is 0 Å². The van der Waals surface area contributed by atoms with Crippen molar-refractivity contribution in [3.8, 4) is 5.75 Å². The van der Waals surface area contributed by atoms with E-state index >= 15 is 0 Å².